The van der Waals surface area contributed by atoms with Crippen molar-refractivity contribution in [1.29, 1.82) is 5.26 Å². The van der Waals surface area contributed by atoms with E-state index in [1.807, 2.05) is 0 Å². The van der Waals surface area contributed by atoms with Crippen LogP contribution in [0.2, 0.25) is 0 Å². The van der Waals surface area contributed by atoms with E-state index >= 15 is 0 Å². The minimum Gasteiger partial charge on any atom is -0.453 e. The molecule has 100 valence electrons. The maximum absolute atomic E-state index is 13.7. The Morgan fingerprint density at radius 2 is 1.95 bits per heavy atom. The first-order valence-corrected chi connectivity index (χ1v) is 5.70. The van der Waals surface area contributed by atoms with E-state index in [9.17, 15) is 13.6 Å². The summed E-state index contributed by atoms with van der Waals surface area (Å²) in [5.41, 5.74) is -0.0764. The molecular weight excluding hydrogens is 264 g/mol. The van der Waals surface area contributed by atoms with Gasteiger partial charge in [-0.25, -0.2) is 8.78 Å². The van der Waals surface area contributed by atoms with E-state index in [0.717, 1.165) is 12.1 Å². The molecule has 2 rings (SSSR count). The third-order valence-corrected chi connectivity index (χ3v) is 2.63. The summed E-state index contributed by atoms with van der Waals surface area (Å²) in [4.78, 5) is 11.4. The lowest BCUT2D eigenvalue weighted by atomic mass is 10.1. The van der Waals surface area contributed by atoms with Crippen LogP contribution in [0.1, 0.15) is 22.8 Å². The van der Waals surface area contributed by atoms with Gasteiger partial charge in [0, 0.05) is 6.07 Å². The second-order valence-electron chi connectivity index (χ2n) is 4.03. The van der Waals surface area contributed by atoms with Gasteiger partial charge in [-0.3, -0.25) is 4.79 Å². The third kappa shape index (κ3) is 2.64. The molecule has 0 atom stereocenters. The summed E-state index contributed by atoms with van der Waals surface area (Å²) in [5, 5.41) is 8.62. The summed E-state index contributed by atoms with van der Waals surface area (Å²) in [6, 6.07) is 9.13. The summed E-state index contributed by atoms with van der Waals surface area (Å²) < 4.78 is 32.4. The highest BCUT2D eigenvalue weighted by molar-refractivity contribution is 5.96. The van der Waals surface area contributed by atoms with Crippen LogP contribution >= 0.6 is 0 Å². The first-order valence-electron chi connectivity index (χ1n) is 5.70. The predicted molar refractivity (Wildman–Crippen MR) is 67.6 cm³/mol. The fourth-order valence-corrected chi connectivity index (χ4v) is 1.66. The number of benzene rings is 2. The second-order valence-corrected chi connectivity index (χ2v) is 4.03. The van der Waals surface area contributed by atoms with Crippen LogP contribution in [0.5, 0.6) is 11.5 Å². The van der Waals surface area contributed by atoms with Gasteiger partial charge in [0.1, 0.15) is 17.6 Å². The summed E-state index contributed by atoms with van der Waals surface area (Å²) in [7, 11) is 0. The lowest BCUT2D eigenvalue weighted by Crippen LogP contribution is -2.00. The first-order chi connectivity index (χ1) is 9.52. The van der Waals surface area contributed by atoms with Crippen LogP contribution in [-0.4, -0.2) is 5.78 Å². The Balaban J connectivity index is 2.43. The maximum Gasteiger partial charge on any atom is 0.173 e. The topological polar surface area (TPSA) is 50.1 Å². The minimum atomic E-state index is -0.772. The second kappa shape index (κ2) is 5.49. The van der Waals surface area contributed by atoms with E-state index in [2.05, 4.69) is 0 Å². The Bertz CT molecular complexity index is 720. The third-order valence-electron chi connectivity index (χ3n) is 2.63. The number of para-hydroxylation sites is 1. The van der Waals surface area contributed by atoms with Crippen LogP contribution in [0.25, 0.3) is 0 Å². The number of rotatable bonds is 3. The van der Waals surface area contributed by atoms with E-state index in [1.165, 1.54) is 31.2 Å². The van der Waals surface area contributed by atoms with Crippen molar-refractivity contribution in [3.05, 3.63) is 59.2 Å². The molecule has 0 fully saturated rings. The predicted octanol–water partition coefficient (Wildman–Crippen LogP) is 3.83. The van der Waals surface area contributed by atoms with Crippen molar-refractivity contribution in [3.63, 3.8) is 0 Å². The molecule has 0 saturated carbocycles. The summed E-state index contributed by atoms with van der Waals surface area (Å²) >= 11 is 0. The van der Waals surface area contributed by atoms with E-state index in [4.69, 9.17) is 10.00 Å². The lowest BCUT2D eigenvalue weighted by Gasteiger charge is -2.10. The molecule has 2 aromatic rings. The van der Waals surface area contributed by atoms with Crippen molar-refractivity contribution in [1.82, 2.24) is 0 Å². The highest BCUT2D eigenvalue weighted by Crippen LogP contribution is 2.29. The Hall–Kier alpha value is -2.74. The minimum absolute atomic E-state index is 0.00843. The number of carbonyl (C=O) groups excluding carboxylic acids is 1. The van der Waals surface area contributed by atoms with Gasteiger partial charge < -0.3 is 4.74 Å². The summed E-state index contributed by atoms with van der Waals surface area (Å²) in [5.74, 6) is -2.11. The largest absolute Gasteiger partial charge is 0.453 e. The number of nitriles is 1. The standard InChI is InChI=1S/C15H9F2NO2/c1-9(19)12-3-2-4-13(16)15(12)20-11-6-5-10(8-18)14(17)7-11/h2-7H,1H3. The van der Waals surface area contributed by atoms with Crippen LogP contribution in [0.3, 0.4) is 0 Å². The number of hydrogen-bond acceptors (Lipinski definition) is 3. The van der Waals surface area contributed by atoms with Gasteiger partial charge in [0.2, 0.25) is 0 Å². The fraction of sp³-hybridized carbons (Fsp3) is 0.0667. The Morgan fingerprint density at radius 1 is 1.20 bits per heavy atom. The summed E-state index contributed by atoms with van der Waals surface area (Å²) in [6.07, 6.45) is 0. The molecule has 0 N–H and O–H groups in total. The van der Waals surface area contributed by atoms with E-state index < -0.39 is 11.6 Å². The molecule has 0 bridgehead atoms. The van der Waals surface area contributed by atoms with Gasteiger partial charge >= 0.3 is 0 Å². The SMILES string of the molecule is CC(=O)c1cccc(F)c1Oc1ccc(C#N)c(F)c1. The van der Waals surface area contributed by atoms with Crippen molar-refractivity contribution in [2.45, 2.75) is 6.92 Å². The van der Waals surface area contributed by atoms with Crippen LogP contribution < -0.4 is 4.74 Å². The molecule has 0 amide bonds. The maximum atomic E-state index is 13.7. The number of Topliss-reactive ketones (excluding diaryl/α,β-unsaturated/α-hetero) is 1. The smallest absolute Gasteiger partial charge is 0.173 e. The van der Waals surface area contributed by atoms with Crippen molar-refractivity contribution in [3.8, 4) is 17.6 Å². The highest BCUT2D eigenvalue weighted by Gasteiger charge is 2.15. The van der Waals surface area contributed by atoms with Crippen LogP contribution in [0, 0.1) is 23.0 Å². The van der Waals surface area contributed by atoms with Crippen LogP contribution in [0.4, 0.5) is 8.78 Å². The zero-order valence-electron chi connectivity index (χ0n) is 10.5. The number of ether oxygens (including phenoxy) is 1. The number of nitrogens with zero attached hydrogens (tertiary/aromatic N) is 1. The molecular formula is C15H9F2NO2. The first kappa shape index (κ1) is 13.7. The zero-order chi connectivity index (χ0) is 14.7. The Kier molecular flexibility index (Phi) is 3.76. The Morgan fingerprint density at radius 3 is 2.55 bits per heavy atom. The fourth-order valence-electron chi connectivity index (χ4n) is 1.66. The van der Waals surface area contributed by atoms with E-state index in [1.54, 1.807) is 6.07 Å². The van der Waals surface area contributed by atoms with E-state index in [0.29, 0.717) is 0 Å². The number of ketones is 1. The molecule has 0 radical (unpaired) electrons. The number of halogens is 2. The van der Waals surface area contributed by atoms with E-state index in [-0.39, 0.29) is 28.4 Å². The quantitative estimate of drug-likeness (QED) is 0.798. The zero-order valence-corrected chi connectivity index (χ0v) is 10.5. The molecule has 20 heavy (non-hydrogen) atoms. The van der Waals surface area contributed by atoms with Gasteiger partial charge in [-0.2, -0.15) is 5.26 Å². The van der Waals surface area contributed by atoms with Gasteiger partial charge in [0.25, 0.3) is 0 Å². The van der Waals surface area contributed by atoms with Crippen molar-refractivity contribution >= 4 is 5.78 Å². The molecule has 3 nitrogen and oxygen atoms in total. The van der Waals surface area contributed by atoms with Gasteiger partial charge in [0.05, 0.1) is 11.1 Å². The average Bonchev–Trinajstić information content (AvgIpc) is 2.41. The number of hydrogen-bond donors (Lipinski definition) is 0. The van der Waals surface area contributed by atoms with Gasteiger partial charge in [-0.1, -0.05) is 6.07 Å². The molecule has 0 aliphatic carbocycles. The Labute approximate surface area is 114 Å². The molecule has 0 unspecified atom stereocenters. The molecule has 0 saturated heterocycles. The van der Waals surface area contributed by atoms with Crippen molar-refractivity contribution < 1.29 is 18.3 Å². The van der Waals surface area contributed by atoms with Gasteiger partial charge in [0.15, 0.2) is 17.3 Å². The monoisotopic (exact) mass is 273 g/mol. The molecule has 2 aromatic carbocycles. The van der Waals surface area contributed by atoms with Crippen molar-refractivity contribution in [2.24, 2.45) is 0 Å². The summed E-state index contributed by atoms with van der Waals surface area (Å²) in [6.45, 7) is 1.28. The molecule has 0 aromatic heterocycles. The lowest BCUT2D eigenvalue weighted by molar-refractivity contribution is 0.101. The van der Waals surface area contributed by atoms with Crippen LogP contribution in [0.15, 0.2) is 36.4 Å². The molecule has 0 heterocycles. The van der Waals surface area contributed by atoms with Gasteiger partial charge in [-0.15, -0.1) is 0 Å². The van der Waals surface area contributed by atoms with Crippen LogP contribution in [-0.2, 0) is 0 Å². The number of carbonyl (C=O) groups is 1. The molecule has 0 spiro atoms. The molecule has 5 heteroatoms. The highest BCUT2D eigenvalue weighted by atomic mass is 19.1. The van der Waals surface area contributed by atoms with Crippen molar-refractivity contribution in [2.75, 3.05) is 0 Å². The molecule has 0 aliphatic rings. The normalized spacial score (nSPS) is 9.90. The molecule has 0 aliphatic heterocycles. The van der Waals surface area contributed by atoms with Gasteiger partial charge in [-0.05, 0) is 31.2 Å². The average molecular weight is 273 g/mol.